The summed E-state index contributed by atoms with van der Waals surface area (Å²) in [5.41, 5.74) is -0.137. The lowest BCUT2D eigenvalue weighted by molar-refractivity contribution is -0.135. The van der Waals surface area contributed by atoms with Gasteiger partial charge in [-0.2, -0.15) is 0 Å². The van der Waals surface area contributed by atoms with Gasteiger partial charge in [0.25, 0.3) is 5.91 Å². The molecule has 2 aromatic carbocycles. The molecule has 1 aliphatic rings. The van der Waals surface area contributed by atoms with Gasteiger partial charge >= 0.3 is 6.03 Å². The molecule has 1 unspecified atom stereocenters. The molecule has 156 valence electrons. The van der Waals surface area contributed by atoms with Crippen molar-refractivity contribution in [1.29, 1.82) is 0 Å². The number of benzene rings is 2. The van der Waals surface area contributed by atoms with Crippen LogP contribution in [0.5, 0.6) is 5.75 Å². The fourth-order valence-electron chi connectivity index (χ4n) is 3.07. The van der Waals surface area contributed by atoms with Crippen LogP contribution in [-0.2, 0) is 19.9 Å². The molecule has 3 rings (SSSR count). The molecule has 1 saturated heterocycles. The van der Waals surface area contributed by atoms with Gasteiger partial charge in [-0.25, -0.2) is 4.79 Å². The zero-order chi connectivity index (χ0) is 21.7. The van der Waals surface area contributed by atoms with E-state index in [4.69, 9.17) is 4.74 Å². The van der Waals surface area contributed by atoms with E-state index in [0.29, 0.717) is 17.0 Å². The molecular weight excluding hydrogens is 388 g/mol. The molecule has 0 spiro atoms. The fourth-order valence-corrected chi connectivity index (χ4v) is 3.07. The van der Waals surface area contributed by atoms with Crippen LogP contribution in [0.25, 0.3) is 0 Å². The zero-order valence-electron chi connectivity index (χ0n) is 16.6. The molecule has 0 aromatic heterocycles. The minimum atomic E-state index is -1.30. The zero-order valence-corrected chi connectivity index (χ0v) is 16.6. The molecule has 9 heteroatoms. The Morgan fingerprint density at radius 2 is 1.70 bits per heavy atom. The number of methoxy groups -OCH3 is 1. The maximum atomic E-state index is 12.9. The number of imide groups is 1. The lowest BCUT2D eigenvalue weighted by Crippen LogP contribution is -2.44. The largest absolute Gasteiger partial charge is 0.497 e. The molecule has 30 heavy (non-hydrogen) atoms. The number of para-hydroxylation sites is 1. The second kappa shape index (κ2) is 8.64. The molecule has 2 aromatic rings. The third kappa shape index (κ3) is 4.40. The number of hydrogen-bond acceptors (Lipinski definition) is 5. The Labute approximate surface area is 173 Å². The van der Waals surface area contributed by atoms with Crippen LogP contribution < -0.4 is 20.7 Å². The van der Waals surface area contributed by atoms with E-state index in [0.717, 1.165) is 4.90 Å². The Kier molecular flexibility index (Phi) is 6.01. The van der Waals surface area contributed by atoms with Crippen LogP contribution >= 0.6 is 0 Å². The average Bonchev–Trinajstić information content (AvgIpc) is 2.97. The summed E-state index contributed by atoms with van der Waals surface area (Å²) >= 11 is 0. The van der Waals surface area contributed by atoms with Crippen LogP contribution in [0.4, 0.5) is 10.5 Å². The summed E-state index contributed by atoms with van der Waals surface area (Å²) < 4.78 is 5.10. The van der Waals surface area contributed by atoms with Crippen LogP contribution in [0.2, 0.25) is 0 Å². The Bertz CT molecular complexity index is 961. The summed E-state index contributed by atoms with van der Waals surface area (Å²) in [4.78, 5) is 50.1. The van der Waals surface area contributed by atoms with Gasteiger partial charge in [-0.05, 0) is 36.8 Å². The molecule has 9 nitrogen and oxygen atoms in total. The van der Waals surface area contributed by atoms with Gasteiger partial charge in [0.15, 0.2) is 0 Å². The maximum absolute atomic E-state index is 12.9. The van der Waals surface area contributed by atoms with Crippen LogP contribution in [0.1, 0.15) is 12.5 Å². The molecule has 0 radical (unpaired) electrons. The van der Waals surface area contributed by atoms with Gasteiger partial charge in [-0.1, -0.05) is 30.3 Å². The Morgan fingerprint density at radius 3 is 2.33 bits per heavy atom. The summed E-state index contributed by atoms with van der Waals surface area (Å²) in [6.07, 6.45) is 0. The molecule has 1 atom stereocenters. The predicted molar refractivity (Wildman–Crippen MR) is 109 cm³/mol. The summed E-state index contributed by atoms with van der Waals surface area (Å²) in [5, 5.41) is 7.66. The number of carbonyl (C=O) groups excluding carboxylic acids is 4. The quantitative estimate of drug-likeness (QED) is 0.594. The summed E-state index contributed by atoms with van der Waals surface area (Å²) in [5.74, 6) is -0.985. The van der Waals surface area contributed by atoms with E-state index in [1.165, 1.54) is 7.11 Å². The Balaban J connectivity index is 1.58. The number of urea groups is 1. The smallest absolute Gasteiger partial charge is 0.325 e. The number of anilines is 1. The lowest BCUT2D eigenvalue weighted by Gasteiger charge is -2.22. The fraction of sp³-hybridized carbons (Fsp3) is 0.238. The number of amides is 5. The molecule has 1 fully saturated rings. The normalized spacial score (nSPS) is 18.0. The van der Waals surface area contributed by atoms with Gasteiger partial charge in [-0.3, -0.25) is 19.3 Å². The topological polar surface area (TPSA) is 117 Å². The number of nitrogens with one attached hydrogen (secondary N) is 3. The first-order valence-electron chi connectivity index (χ1n) is 9.24. The summed E-state index contributed by atoms with van der Waals surface area (Å²) in [7, 11) is 1.53. The standard InChI is InChI=1S/C21H22N4O5/c1-21(14-8-10-16(30-2)11-9-14)19(28)25(20(29)24-21)13-18(27)22-12-17(26)23-15-6-4-3-5-7-15/h3-11H,12-13H2,1-2H3,(H,22,27)(H,23,26)(H,24,29). The molecule has 1 heterocycles. The van der Waals surface area contributed by atoms with Crippen LogP contribution in [-0.4, -0.2) is 48.9 Å². The van der Waals surface area contributed by atoms with E-state index in [-0.39, 0.29) is 6.54 Å². The van der Waals surface area contributed by atoms with Crippen molar-refractivity contribution in [2.45, 2.75) is 12.5 Å². The minimum absolute atomic E-state index is 0.285. The van der Waals surface area contributed by atoms with E-state index in [2.05, 4.69) is 16.0 Å². The highest BCUT2D eigenvalue weighted by atomic mass is 16.5. The third-order valence-electron chi connectivity index (χ3n) is 4.75. The van der Waals surface area contributed by atoms with Gasteiger partial charge < -0.3 is 20.7 Å². The SMILES string of the molecule is COc1ccc(C2(C)NC(=O)N(CC(=O)NCC(=O)Nc3ccccc3)C2=O)cc1. The van der Waals surface area contributed by atoms with Gasteiger partial charge in [0.05, 0.1) is 13.7 Å². The molecule has 0 bridgehead atoms. The Hall–Kier alpha value is -3.88. The number of nitrogens with zero attached hydrogens (tertiary/aromatic N) is 1. The van der Waals surface area contributed by atoms with E-state index in [9.17, 15) is 19.2 Å². The minimum Gasteiger partial charge on any atom is -0.497 e. The first kappa shape index (κ1) is 20.8. The molecule has 5 amide bonds. The number of rotatable bonds is 7. The highest BCUT2D eigenvalue weighted by molar-refractivity contribution is 6.09. The van der Waals surface area contributed by atoms with Crippen LogP contribution in [0.15, 0.2) is 54.6 Å². The van der Waals surface area contributed by atoms with E-state index in [1.54, 1.807) is 55.5 Å². The summed E-state index contributed by atoms with van der Waals surface area (Å²) in [6.45, 7) is 0.794. The molecular formula is C21H22N4O5. The van der Waals surface area contributed by atoms with E-state index < -0.39 is 35.8 Å². The van der Waals surface area contributed by atoms with Crippen molar-refractivity contribution in [2.24, 2.45) is 0 Å². The van der Waals surface area contributed by atoms with Crippen molar-refractivity contribution in [2.75, 3.05) is 25.5 Å². The van der Waals surface area contributed by atoms with Crippen molar-refractivity contribution in [3.63, 3.8) is 0 Å². The second-order valence-corrected chi connectivity index (χ2v) is 6.87. The van der Waals surface area contributed by atoms with Crippen molar-refractivity contribution in [1.82, 2.24) is 15.5 Å². The number of hydrogen-bond donors (Lipinski definition) is 3. The molecule has 3 N–H and O–H groups in total. The van der Waals surface area contributed by atoms with Crippen molar-refractivity contribution >= 4 is 29.4 Å². The first-order chi connectivity index (χ1) is 14.3. The van der Waals surface area contributed by atoms with Gasteiger partial charge in [0.2, 0.25) is 11.8 Å². The number of carbonyl (C=O) groups is 4. The lowest BCUT2D eigenvalue weighted by atomic mass is 9.92. The van der Waals surface area contributed by atoms with Crippen LogP contribution in [0.3, 0.4) is 0 Å². The average molecular weight is 410 g/mol. The summed E-state index contributed by atoms with van der Waals surface area (Å²) in [6, 6.07) is 14.8. The third-order valence-corrected chi connectivity index (χ3v) is 4.75. The van der Waals surface area contributed by atoms with Crippen molar-refractivity contribution in [3.05, 3.63) is 60.2 Å². The van der Waals surface area contributed by atoms with Gasteiger partial charge in [-0.15, -0.1) is 0 Å². The van der Waals surface area contributed by atoms with Gasteiger partial charge in [0, 0.05) is 5.69 Å². The van der Waals surface area contributed by atoms with Crippen molar-refractivity contribution in [3.8, 4) is 5.75 Å². The van der Waals surface area contributed by atoms with Crippen molar-refractivity contribution < 1.29 is 23.9 Å². The molecule has 0 aliphatic carbocycles. The molecule has 0 saturated carbocycles. The monoisotopic (exact) mass is 410 g/mol. The highest BCUT2D eigenvalue weighted by Gasteiger charge is 2.49. The van der Waals surface area contributed by atoms with E-state index in [1.807, 2.05) is 6.07 Å². The first-order valence-corrected chi connectivity index (χ1v) is 9.24. The number of ether oxygens (including phenoxy) is 1. The predicted octanol–water partition coefficient (Wildman–Crippen LogP) is 1.22. The van der Waals surface area contributed by atoms with Gasteiger partial charge in [0.1, 0.15) is 17.8 Å². The highest BCUT2D eigenvalue weighted by Crippen LogP contribution is 2.29. The van der Waals surface area contributed by atoms with Crippen LogP contribution in [0, 0.1) is 0 Å². The molecule has 1 aliphatic heterocycles. The van der Waals surface area contributed by atoms with E-state index >= 15 is 0 Å². The Morgan fingerprint density at radius 1 is 1.03 bits per heavy atom. The maximum Gasteiger partial charge on any atom is 0.325 e. The second-order valence-electron chi connectivity index (χ2n) is 6.87.